The molecule has 2 heteroatoms. The van der Waals surface area contributed by atoms with Gasteiger partial charge in [0.1, 0.15) is 0 Å². The quantitative estimate of drug-likeness (QED) is 0.487. The fourth-order valence-electron chi connectivity index (χ4n) is 3.75. The SMILES string of the molecule is CC(C)(C)c1ccc([C@H]2CCC[C@@H]2C/C=C\CCCC(=O)O)cc1. The molecule has 0 radical (unpaired) electrons. The molecule has 2 atom stereocenters. The van der Waals surface area contributed by atoms with Crippen LogP contribution in [0.15, 0.2) is 36.4 Å². The van der Waals surface area contributed by atoms with Crippen molar-refractivity contribution in [2.45, 2.75) is 77.0 Å². The second-order valence-corrected chi connectivity index (χ2v) is 8.16. The Hall–Kier alpha value is -1.57. The maximum absolute atomic E-state index is 10.5. The van der Waals surface area contributed by atoms with Crippen molar-refractivity contribution in [3.05, 3.63) is 47.5 Å². The molecule has 2 nitrogen and oxygen atoms in total. The monoisotopic (exact) mass is 328 g/mol. The second kappa shape index (κ2) is 8.50. The van der Waals surface area contributed by atoms with Gasteiger partial charge in [-0.05, 0) is 60.5 Å². The first-order valence-electron chi connectivity index (χ1n) is 9.35. The predicted molar refractivity (Wildman–Crippen MR) is 100 cm³/mol. The first kappa shape index (κ1) is 18.8. The van der Waals surface area contributed by atoms with Crippen molar-refractivity contribution in [3.63, 3.8) is 0 Å². The topological polar surface area (TPSA) is 37.3 Å². The van der Waals surface area contributed by atoms with Gasteiger partial charge in [-0.3, -0.25) is 4.79 Å². The average molecular weight is 328 g/mol. The molecule has 0 heterocycles. The van der Waals surface area contributed by atoms with E-state index in [1.807, 2.05) is 0 Å². The van der Waals surface area contributed by atoms with E-state index in [4.69, 9.17) is 5.11 Å². The number of carbonyl (C=O) groups is 1. The summed E-state index contributed by atoms with van der Waals surface area (Å²) in [5.41, 5.74) is 3.11. The molecule has 1 aromatic carbocycles. The zero-order valence-electron chi connectivity index (χ0n) is 15.4. The van der Waals surface area contributed by atoms with E-state index >= 15 is 0 Å². The average Bonchev–Trinajstić information content (AvgIpc) is 2.98. The van der Waals surface area contributed by atoms with E-state index in [0.29, 0.717) is 5.92 Å². The number of aliphatic carboxylic acids is 1. The standard InChI is InChI=1S/C22H32O2/c1-22(2,3)19-15-13-18(14-16-19)20-11-8-10-17(20)9-6-4-5-7-12-21(23)24/h4,6,13-17,20H,5,7-12H2,1-3H3,(H,23,24)/b6-4-/t17-,20-/m0/s1. The summed E-state index contributed by atoms with van der Waals surface area (Å²) in [6, 6.07) is 9.26. The number of rotatable bonds is 7. The van der Waals surface area contributed by atoms with Crippen LogP contribution >= 0.6 is 0 Å². The number of carboxylic acids is 1. The molecule has 1 aliphatic carbocycles. The molecule has 1 fully saturated rings. The number of hydrogen-bond acceptors (Lipinski definition) is 1. The van der Waals surface area contributed by atoms with E-state index in [0.717, 1.165) is 25.2 Å². The number of unbranched alkanes of at least 4 members (excludes halogenated alkanes) is 1. The largest absolute Gasteiger partial charge is 0.481 e. The third kappa shape index (κ3) is 5.51. The highest BCUT2D eigenvalue weighted by molar-refractivity contribution is 5.66. The second-order valence-electron chi connectivity index (χ2n) is 8.16. The highest BCUT2D eigenvalue weighted by atomic mass is 16.4. The number of carboxylic acid groups (broad SMARTS) is 1. The summed E-state index contributed by atoms with van der Waals surface area (Å²) in [4.78, 5) is 10.5. The van der Waals surface area contributed by atoms with Crippen molar-refractivity contribution >= 4 is 5.97 Å². The van der Waals surface area contributed by atoms with Gasteiger partial charge in [0.25, 0.3) is 0 Å². The fraction of sp³-hybridized carbons (Fsp3) is 0.591. The van der Waals surface area contributed by atoms with Crippen LogP contribution in [0.3, 0.4) is 0 Å². The molecular formula is C22H32O2. The van der Waals surface area contributed by atoms with Gasteiger partial charge in [-0.25, -0.2) is 0 Å². The van der Waals surface area contributed by atoms with Crippen LogP contribution in [0.4, 0.5) is 0 Å². The summed E-state index contributed by atoms with van der Waals surface area (Å²) in [7, 11) is 0. The van der Waals surface area contributed by atoms with Crippen molar-refractivity contribution in [3.8, 4) is 0 Å². The molecule has 1 aliphatic rings. The maximum atomic E-state index is 10.5. The van der Waals surface area contributed by atoms with E-state index in [-0.39, 0.29) is 11.8 Å². The third-order valence-electron chi connectivity index (χ3n) is 5.23. The van der Waals surface area contributed by atoms with Crippen LogP contribution in [0.5, 0.6) is 0 Å². The van der Waals surface area contributed by atoms with Crippen molar-refractivity contribution in [1.29, 1.82) is 0 Å². The molecule has 0 aliphatic heterocycles. The number of benzene rings is 1. The van der Waals surface area contributed by atoms with Crippen molar-refractivity contribution in [1.82, 2.24) is 0 Å². The highest BCUT2D eigenvalue weighted by Crippen LogP contribution is 2.42. The van der Waals surface area contributed by atoms with E-state index in [1.54, 1.807) is 0 Å². The van der Waals surface area contributed by atoms with Crippen LogP contribution in [0.25, 0.3) is 0 Å². The van der Waals surface area contributed by atoms with Crippen LogP contribution in [-0.2, 0) is 10.2 Å². The third-order valence-corrected chi connectivity index (χ3v) is 5.23. The Kier molecular flexibility index (Phi) is 6.65. The lowest BCUT2D eigenvalue weighted by molar-refractivity contribution is -0.137. The molecule has 0 aromatic heterocycles. The molecule has 0 bridgehead atoms. The lowest BCUT2D eigenvalue weighted by Gasteiger charge is -2.22. The predicted octanol–water partition coefficient (Wildman–Crippen LogP) is 6.07. The lowest BCUT2D eigenvalue weighted by atomic mass is 9.83. The molecule has 0 unspecified atom stereocenters. The molecule has 132 valence electrons. The van der Waals surface area contributed by atoms with Crippen molar-refractivity contribution in [2.24, 2.45) is 5.92 Å². The van der Waals surface area contributed by atoms with Crippen LogP contribution in [0.2, 0.25) is 0 Å². The van der Waals surface area contributed by atoms with Gasteiger partial charge in [0.05, 0.1) is 0 Å². The minimum absolute atomic E-state index is 0.215. The Bertz CT molecular complexity index is 548. The Labute approximate surface area is 147 Å². The van der Waals surface area contributed by atoms with Gasteiger partial charge in [-0.15, -0.1) is 0 Å². The van der Waals surface area contributed by atoms with Crippen molar-refractivity contribution in [2.75, 3.05) is 0 Å². The first-order chi connectivity index (χ1) is 11.4. The summed E-state index contributed by atoms with van der Waals surface area (Å²) in [6.07, 6.45) is 11.4. The van der Waals surface area contributed by atoms with Gasteiger partial charge in [0.2, 0.25) is 0 Å². The van der Waals surface area contributed by atoms with Gasteiger partial charge in [-0.1, -0.05) is 63.6 Å². The molecule has 1 aromatic rings. The molecule has 0 amide bonds. The van der Waals surface area contributed by atoms with Crippen LogP contribution in [-0.4, -0.2) is 11.1 Å². The summed E-state index contributed by atoms with van der Waals surface area (Å²) in [6.45, 7) is 6.78. The minimum Gasteiger partial charge on any atom is -0.481 e. The minimum atomic E-state index is -0.696. The highest BCUT2D eigenvalue weighted by Gasteiger charge is 2.27. The van der Waals surface area contributed by atoms with Crippen LogP contribution < -0.4 is 0 Å². The van der Waals surface area contributed by atoms with Crippen molar-refractivity contribution < 1.29 is 9.90 Å². The van der Waals surface area contributed by atoms with Gasteiger partial charge in [-0.2, -0.15) is 0 Å². The maximum Gasteiger partial charge on any atom is 0.303 e. The summed E-state index contributed by atoms with van der Waals surface area (Å²) >= 11 is 0. The molecule has 1 N–H and O–H groups in total. The van der Waals surface area contributed by atoms with Crippen LogP contribution in [0, 0.1) is 5.92 Å². The summed E-state index contributed by atoms with van der Waals surface area (Å²) in [5, 5.41) is 8.65. The van der Waals surface area contributed by atoms with E-state index in [9.17, 15) is 4.79 Å². The molecule has 0 saturated heterocycles. The fourth-order valence-corrected chi connectivity index (χ4v) is 3.75. The van der Waals surface area contributed by atoms with Crippen LogP contribution in [0.1, 0.15) is 82.8 Å². The molecule has 2 rings (SSSR count). The van der Waals surface area contributed by atoms with E-state index < -0.39 is 5.97 Å². The van der Waals surface area contributed by atoms with Gasteiger partial charge >= 0.3 is 5.97 Å². The van der Waals surface area contributed by atoms with Gasteiger partial charge in [0, 0.05) is 6.42 Å². The normalized spacial score (nSPS) is 21.5. The summed E-state index contributed by atoms with van der Waals surface area (Å²) in [5.74, 6) is 0.724. The lowest BCUT2D eigenvalue weighted by Crippen LogP contribution is -2.11. The number of allylic oxidation sites excluding steroid dienone is 2. The van der Waals surface area contributed by atoms with Gasteiger partial charge < -0.3 is 5.11 Å². The Morgan fingerprint density at radius 2 is 1.88 bits per heavy atom. The summed E-state index contributed by atoms with van der Waals surface area (Å²) < 4.78 is 0. The molecular weight excluding hydrogens is 296 g/mol. The Balaban J connectivity index is 1.88. The molecule has 24 heavy (non-hydrogen) atoms. The Morgan fingerprint density at radius 3 is 2.50 bits per heavy atom. The molecule has 0 spiro atoms. The van der Waals surface area contributed by atoms with E-state index in [1.165, 1.54) is 30.4 Å². The zero-order valence-corrected chi connectivity index (χ0v) is 15.4. The number of hydrogen-bond donors (Lipinski definition) is 1. The smallest absolute Gasteiger partial charge is 0.303 e. The van der Waals surface area contributed by atoms with E-state index in [2.05, 4.69) is 57.2 Å². The Morgan fingerprint density at radius 1 is 1.17 bits per heavy atom. The zero-order chi connectivity index (χ0) is 17.6. The molecule has 1 saturated carbocycles. The first-order valence-corrected chi connectivity index (χ1v) is 9.35. The van der Waals surface area contributed by atoms with Gasteiger partial charge in [0.15, 0.2) is 0 Å².